The van der Waals surface area contributed by atoms with Gasteiger partial charge in [0.05, 0.1) is 5.60 Å². The first-order valence-electron chi connectivity index (χ1n) is 11.2. The standard InChI is InChI=1S/C25H29F2NO4S/c1-17-8-9-23(18-6-4-3-5-7-18)33(31,32)28(17)14-19-12-22(27)20(13-21(19)26)25(10-11-29)15-24(2,30)16-25/h3-7,11-13,17,23,30H,8-10,14-16H2,1-2H3/t17-,23+,24-,25+/m0/s1. The molecule has 178 valence electrons. The number of hydrogen-bond acceptors (Lipinski definition) is 4. The van der Waals surface area contributed by atoms with E-state index < -0.39 is 37.9 Å². The van der Waals surface area contributed by atoms with Crippen LogP contribution in [0.3, 0.4) is 0 Å². The van der Waals surface area contributed by atoms with Crippen LogP contribution in [0.1, 0.15) is 67.9 Å². The molecule has 0 unspecified atom stereocenters. The number of carbonyl (C=O) groups is 1. The van der Waals surface area contributed by atoms with Crippen molar-refractivity contribution in [3.05, 3.63) is 70.8 Å². The van der Waals surface area contributed by atoms with Crippen LogP contribution in [0.25, 0.3) is 0 Å². The normalized spacial score (nSPS) is 31.7. The van der Waals surface area contributed by atoms with Gasteiger partial charge in [-0.15, -0.1) is 0 Å². The molecule has 1 N–H and O–H groups in total. The number of sulfonamides is 1. The van der Waals surface area contributed by atoms with E-state index in [1.54, 1.807) is 38.1 Å². The molecule has 1 aliphatic heterocycles. The highest BCUT2D eigenvalue weighted by atomic mass is 32.2. The summed E-state index contributed by atoms with van der Waals surface area (Å²) in [4.78, 5) is 11.2. The molecule has 2 fully saturated rings. The van der Waals surface area contributed by atoms with Crippen LogP contribution >= 0.6 is 0 Å². The Hall–Kier alpha value is -2.16. The number of benzene rings is 2. The molecule has 0 radical (unpaired) electrons. The molecule has 0 bridgehead atoms. The highest BCUT2D eigenvalue weighted by Crippen LogP contribution is 2.53. The number of nitrogens with zero attached hydrogens (tertiary/aromatic N) is 1. The lowest BCUT2D eigenvalue weighted by Gasteiger charge is -2.51. The minimum Gasteiger partial charge on any atom is -0.390 e. The third-order valence-corrected chi connectivity index (χ3v) is 9.51. The van der Waals surface area contributed by atoms with Crippen LogP contribution < -0.4 is 0 Å². The average Bonchev–Trinajstić information content (AvgIpc) is 2.72. The van der Waals surface area contributed by atoms with Crippen molar-refractivity contribution in [2.24, 2.45) is 0 Å². The Labute approximate surface area is 193 Å². The van der Waals surface area contributed by atoms with Crippen LogP contribution in [-0.2, 0) is 26.8 Å². The largest absolute Gasteiger partial charge is 0.390 e. The van der Waals surface area contributed by atoms with E-state index in [1.807, 2.05) is 6.07 Å². The van der Waals surface area contributed by atoms with Crippen molar-refractivity contribution in [1.82, 2.24) is 4.31 Å². The van der Waals surface area contributed by atoms with Crippen molar-refractivity contribution < 1.29 is 27.1 Å². The molecule has 2 aromatic carbocycles. The van der Waals surface area contributed by atoms with Gasteiger partial charge < -0.3 is 9.90 Å². The summed E-state index contributed by atoms with van der Waals surface area (Å²) in [5, 5.41) is 9.44. The molecular weight excluding hydrogens is 448 g/mol. The molecule has 1 saturated heterocycles. The van der Waals surface area contributed by atoms with Crippen molar-refractivity contribution in [1.29, 1.82) is 0 Å². The molecule has 5 nitrogen and oxygen atoms in total. The third-order valence-electron chi connectivity index (χ3n) is 7.14. The summed E-state index contributed by atoms with van der Waals surface area (Å²) < 4.78 is 58.4. The van der Waals surface area contributed by atoms with E-state index in [2.05, 4.69) is 0 Å². The quantitative estimate of drug-likeness (QED) is 0.626. The number of aldehydes is 1. The van der Waals surface area contributed by atoms with Crippen LogP contribution in [0.15, 0.2) is 42.5 Å². The second-order valence-corrected chi connectivity index (χ2v) is 11.9. The SMILES string of the molecule is C[C@H]1CC[C@H](c2ccccc2)S(=O)(=O)N1Cc1cc(F)c([C@]2(CC=O)C[C@](C)(O)C2)cc1F. The second-order valence-electron chi connectivity index (χ2n) is 9.84. The van der Waals surface area contributed by atoms with Gasteiger partial charge in [-0.25, -0.2) is 17.2 Å². The van der Waals surface area contributed by atoms with Crippen molar-refractivity contribution in [2.75, 3.05) is 0 Å². The van der Waals surface area contributed by atoms with Crippen LogP contribution in [-0.4, -0.2) is 35.8 Å². The summed E-state index contributed by atoms with van der Waals surface area (Å²) in [7, 11) is -3.79. The van der Waals surface area contributed by atoms with Gasteiger partial charge in [0.2, 0.25) is 10.0 Å². The van der Waals surface area contributed by atoms with Crippen LogP contribution in [0.2, 0.25) is 0 Å². The number of aliphatic hydroxyl groups is 1. The Morgan fingerprint density at radius 3 is 2.39 bits per heavy atom. The Morgan fingerprint density at radius 1 is 1.12 bits per heavy atom. The summed E-state index contributed by atoms with van der Waals surface area (Å²) in [5.41, 5.74) is -1.29. The first kappa shape index (κ1) is 24.0. The number of rotatable bonds is 6. The highest BCUT2D eigenvalue weighted by Gasteiger charge is 2.53. The van der Waals surface area contributed by atoms with Crippen molar-refractivity contribution >= 4 is 16.3 Å². The molecule has 0 amide bonds. The lowest BCUT2D eigenvalue weighted by molar-refractivity contribution is -0.116. The molecule has 33 heavy (non-hydrogen) atoms. The van der Waals surface area contributed by atoms with Crippen LogP contribution in [0.4, 0.5) is 8.78 Å². The predicted molar refractivity (Wildman–Crippen MR) is 121 cm³/mol. The van der Waals surface area contributed by atoms with E-state index in [-0.39, 0.29) is 43.0 Å². The van der Waals surface area contributed by atoms with E-state index >= 15 is 8.78 Å². The fourth-order valence-electron chi connectivity index (χ4n) is 5.65. The molecule has 2 aliphatic rings. The third kappa shape index (κ3) is 4.36. The van der Waals surface area contributed by atoms with Gasteiger partial charge >= 0.3 is 0 Å². The molecule has 1 saturated carbocycles. The van der Waals surface area contributed by atoms with E-state index in [1.165, 1.54) is 4.31 Å². The van der Waals surface area contributed by atoms with Gasteiger partial charge in [0.25, 0.3) is 0 Å². The van der Waals surface area contributed by atoms with Gasteiger partial charge in [-0.1, -0.05) is 30.3 Å². The molecule has 0 spiro atoms. The van der Waals surface area contributed by atoms with Crippen molar-refractivity contribution in [3.63, 3.8) is 0 Å². The maximum absolute atomic E-state index is 15.2. The molecule has 1 heterocycles. The summed E-state index contributed by atoms with van der Waals surface area (Å²) in [6.45, 7) is 3.11. The average molecular weight is 478 g/mol. The van der Waals surface area contributed by atoms with E-state index in [4.69, 9.17) is 0 Å². The summed E-state index contributed by atoms with van der Waals surface area (Å²) >= 11 is 0. The lowest BCUT2D eigenvalue weighted by Crippen LogP contribution is -2.53. The Morgan fingerprint density at radius 2 is 1.79 bits per heavy atom. The molecule has 2 atom stereocenters. The molecule has 0 aromatic heterocycles. The topological polar surface area (TPSA) is 74.7 Å². The number of halogens is 2. The molecule has 1 aliphatic carbocycles. The Bertz CT molecular complexity index is 1140. The fraction of sp³-hybridized carbons (Fsp3) is 0.480. The van der Waals surface area contributed by atoms with Gasteiger partial charge in [0.15, 0.2) is 0 Å². The van der Waals surface area contributed by atoms with Gasteiger partial charge in [-0.05, 0) is 62.8 Å². The highest BCUT2D eigenvalue weighted by molar-refractivity contribution is 7.89. The number of hydrogen-bond donors (Lipinski definition) is 1. The van der Waals surface area contributed by atoms with Gasteiger partial charge in [-0.2, -0.15) is 4.31 Å². The van der Waals surface area contributed by atoms with E-state index in [0.717, 1.165) is 12.1 Å². The predicted octanol–water partition coefficient (Wildman–Crippen LogP) is 4.39. The van der Waals surface area contributed by atoms with Crippen LogP contribution in [0.5, 0.6) is 0 Å². The van der Waals surface area contributed by atoms with E-state index in [0.29, 0.717) is 24.7 Å². The molecular formula is C25H29F2NO4S. The summed E-state index contributed by atoms with van der Waals surface area (Å²) in [6, 6.07) is 10.7. The Kier molecular flexibility index (Phi) is 6.22. The minimum atomic E-state index is -3.79. The fourth-order valence-corrected chi connectivity index (χ4v) is 7.83. The molecule has 2 aromatic rings. The lowest BCUT2D eigenvalue weighted by atomic mass is 9.55. The van der Waals surface area contributed by atoms with Crippen LogP contribution in [0, 0.1) is 11.6 Å². The monoisotopic (exact) mass is 477 g/mol. The molecule has 4 rings (SSSR count). The minimum absolute atomic E-state index is 0.0187. The zero-order chi connectivity index (χ0) is 24.0. The zero-order valence-corrected chi connectivity index (χ0v) is 19.6. The zero-order valence-electron chi connectivity index (χ0n) is 18.8. The second kappa shape index (κ2) is 8.56. The van der Waals surface area contributed by atoms with Crippen molar-refractivity contribution in [2.45, 2.75) is 74.8 Å². The molecule has 8 heteroatoms. The maximum atomic E-state index is 15.2. The van der Waals surface area contributed by atoms with Gasteiger partial charge in [0.1, 0.15) is 23.2 Å². The smallest absolute Gasteiger partial charge is 0.221 e. The first-order valence-corrected chi connectivity index (χ1v) is 12.7. The number of carbonyl (C=O) groups excluding carboxylic acids is 1. The first-order chi connectivity index (χ1) is 15.5. The van der Waals surface area contributed by atoms with Gasteiger partial charge in [-0.3, -0.25) is 0 Å². The van der Waals surface area contributed by atoms with Gasteiger partial charge in [0, 0.05) is 30.0 Å². The van der Waals surface area contributed by atoms with E-state index in [9.17, 15) is 18.3 Å². The maximum Gasteiger partial charge on any atom is 0.221 e. The van der Waals surface area contributed by atoms with Crippen molar-refractivity contribution in [3.8, 4) is 0 Å². The Balaban J connectivity index is 1.65. The summed E-state index contributed by atoms with van der Waals surface area (Å²) in [5.74, 6) is -1.40. The summed E-state index contributed by atoms with van der Waals surface area (Å²) in [6.07, 6.45) is 2.03.